The van der Waals surface area contributed by atoms with Gasteiger partial charge in [-0.2, -0.15) is 0 Å². The zero-order chi connectivity index (χ0) is 17.4. The molecule has 1 aromatic heterocycles. The van der Waals surface area contributed by atoms with Crippen LogP contribution < -0.4 is 10.1 Å². The standard InChI is InChI=1S/C17H21ClN2O3S/c1-3-20(12-13-8-9-16(18)24-13)17(21)19-14-6-4-5-7-15(14)23-11-10-22-2/h4-9H,3,10-12H2,1-2H3,(H,19,21). The number of thiophene rings is 1. The van der Waals surface area contributed by atoms with E-state index in [1.165, 1.54) is 11.3 Å². The molecule has 0 radical (unpaired) electrons. The third-order valence-corrected chi connectivity index (χ3v) is 4.53. The number of ether oxygens (including phenoxy) is 2. The summed E-state index contributed by atoms with van der Waals surface area (Å²) in [4.78, 5) is 15.3. The first-order valence-corrected chi connectivity index (χ1v) is 8.84. The Morgan fingerprint density at radius 2 is 2.04 bits per heavy atom. The second kappa shape index (κ2) is 9.52. The van der Waals surface area contributed by atoms with E-state index in [1.807, 2.05) is 43.3 Å². The highest BCUT2D eigenvalue weighted by Gasteiger charge is 2.15. The van der Waals surface area contributed by atoms with Crippen molar-refractivity contribution in [3.05, 3.63) is 45.6 Å². The number of carbonyl (C=O) groups excluding carboxylic acids is 1. The lowest BCUT2D eigenvalue weighted by molar-refractivity contribution is 0.146. The van der Waals surface area contributed by atoms with E-state index in [-0.39, 0.29) is 6.03 Å². The molecular formula is C17H21ClN2O3S. The number of nitrogens with one attached hydrogen (secondary N) is 1. The van der Waals surface area contributed by atoms with Gasteiger partial charge in [0.05, 0.1) is 23.2 Å². The number of nitrogens with zero attached hydrogens (tertiary/aromatic N) is 1. The quantitative estimate of drug-likeness (QED) is 0.699. The van der Waals surface area contributed by atoms with Gasteiger partial charge in [-0.05, 0) is 31.2 Å². The molecule has 1 heterocycles. The molecule has 2 aromatic rings. The van der Waals surface area contributed by atoms with Crippen LogP contribution in [0.2, 0.25) is 4.34 Å². The summed E-state index contributed by atoms with van der Waals surface area (Å²) in [5, 5.41) is 2.91. The van der Waals surface area contributed by atoms with Gasteiger partial charge in [0.25, 0.3) is 0 Å². The van der Waals surface area contributed by atoms with E-state index >= 15 is 0 Å². The molecule has 0 atom stereocenters. The molecule has 0 bridgehead atoms. The Balaban J connectivity index is 2.01. The van der Waals surface area contributed by atoms with Gasteiger partial charge >= 0.3 is 6.03 Å². The molecule has 1 N–H and O–H groups in total. The summed E-state index contributed by atoms with van der Waals surface area (Å²) in [6, 6.07) is 11.0. The number of anilines is 1. The van der Waals surface area contributed by atoms with Crippen molar-refractivity contribution >= 4 is 34.7 Å². The van der Waals surface area contributed by atoms with Crippen LogP contribution in [0, 0.1) is 0 Å². The van der Waals surface area contributed by atoms with E-state index in [1.54, 1.807) is 12.0 Å². The molecule has 0 saturated heterocycles. The van der Waals surface area contributed by atoms with Crippen molar-refractivity contribution in [2.75, 3.05) is 32.2 Å². The highest BCUT2D eigenvalue weighted by Crippen LogP contribution is 2.25. The molecule has 0 fully saturated rings. The Kier molecular flexibility index (Phi) is 7.36. The second-order valence-corrected chi connectivity index (χ2v) is 6.79. The molecule has 2 amide bonds. The van der Waals surface area contributed by atoms with Crippen molar-refractivity contribution in [2.45, 2.75) is 13.5 Å². The second-order valence-electron chi connectivity index (χ2n) is 4.99. The summed E-state index contributed by atoms with van der Waals surface area (Å²) < 4.78 is 11.3. The number of hydrogen-bond acceptors (Lipinski definition) is 4. The number of urea groups is 1. The van der Waals surface area contributed by atoms with Gasteiger partial charge in [0.2, 0.25) is 0 Å². The third kappa shape index (κ3) is 5.40. The number of benzene rings is 1. The normalized spacial score (nSPS) is 10.5. The van der Waals surface area contributed by atoms with Gasteiger partial charge in [0.1, 0.15) is 12.4 Å². The average molecular weight is 369 g/mol. The van der Waals surface area contributed by atoms with Crippen LogP contribution in [0.1, 0.15) is 11.8 Å². The largest absolute Gasteiger partial charge is 0.489 e. The summed E-state index contributed by atoms with van der Waals surface area (Å²) >= 11 is 7.43. The van der Waals surface area contributed by atoms with Gasteiger partial charge in [0.15, 0.2) is 0 Å². The van der Waals surface area contributed by atoms with Gasteiger partial charge in [0, 0.05) is 18.5 Å². The maximum atomic E-state index is 12.5. The summed E-state index contributed by atoms with van der Waals surface area (Å²) in [5.74, 6) is 0.623. The summed E-state index contributed by atoms with van der Waals surface area (Å²) in [7, 11) is 1.62. The minimum absolute atomic E-state index is 0.176. The molecule has 0 aliphatic rings. The average Bonchev–Trinajstić information content (AvgIpc) is 2.99. The first-order valence-electron chi connectivity index (χ1n) is 7.65. The van der Waals surface area contributed by atoms with Gasteiger partial charge in [-0.25, -0.2) is 4.79 Å². The molecule has 0 spiro atoms. The van der Waals surface area contributed by atoms with Crippen molar-refractivity contribution in [3.63, 3.8) is 0 Å². The zero-order valence-electron chi connectivity index (χ0n) is 13.8. The summed E-state index contributed by atoms with van der Waals surface area (Å²) in [6.45, 7) is 3.97. The zero-order valence-corrected chi connectivity index (χ0v) is 15.3. The molecule has 24 heavy (non-hydrogen) atoms. The van der Waals surface area contributed by atoms with Crippen LogP contribution in [-0.4, -0.2) is 37.8 Å². The molecule has 2 rings (SSSR count). The molecule has 0 aliphatic heterocycles. The molecule has 130 valence electrons. The minimum Gasteiger partial charge on any atom is -0.489 e. The highest BCUT2D eigenvalue weighted by molar-refractivity contribution is 7.16. The van der Waals surface area contributed by atoms with Crippen LogP contribution in [0.25, 0.3) is 0 Å². The lowest BCUT2D eigenvalue weighted by Gasteiger charge is -2.21. The van der Waals surface area contributed by atoms with Crippen LogP contribution in [0.3, 0.4) is 0 Å². The predicted octanol–water partition coefficient (Wildman–Crippen LogP) is 4.48. The van der Waals surface area contributed by atoms with E-state index < -0.39 is 0 Å². The Morgan fingerprint density at radius 3 is 2.71 bits per heavy atom. The predicted molar refractivity (Wildman–Crippen MR) is 98.2 cm³/mol. The first-order chi connectivity index (χ1) is 11.6. The van der Waals surface area contributed by atoms with Gasteiger partial charge < -0.3 is 19.7 Å². The third-order valence-electron chi connectivity index (χ3n) is 3.32. The lowest BCUT2D eigenvalue weighted by Crippen LogP contribution is -2.34. The lowest BCUT2D eigenvalue weighted by atomic mass is 10.3. The highest BCUT2D eigenvalue weighted by atomic mass is 35.5. The van der Waals surface area contributed by atoms with Gasteiger partial charge in [-0.3, -0.25) is 0 Å². The SMILES string of the molecule is CCN(Cc1ccc(Cl)s1)C(=O)Nc1ccccc1OCCOC. The minimum atomic E-state index is -0.176. The van der Waals surface area contributed by atoms with Crippen molar-refractivity contribution in [3.8, 4) is 5.75 Å². The van der Waals surface area contributed by atoms with Crippen LogP contribution in [-0.2, 0) is 11.3 Å². The van der Waals surface area contributed by atoms with E-state index in [9.17, 15) is 4.79 Å². The van der Waals surface area contributed by atoms with Crippen molar-refractivity contribution in [2.24, 2.45) is 0 Å². The van der Waals surface area contributed by atoms with Crippen LogP contribution in [0.15, 0.2) is 36.4 Å². The number of carbonyl (C=O) groups is 1. The van der Waals surface area contributed by atoms with Gasteiger partial charge in [-0.15, -0.1) is 11.3 Å². The van der Waals surface area contributed by atoms with Crippen LogP contribution in [0.5, 0.6) is 5.75 Å². The van der Waals surface area contributed by atoms with E-state index in [0.29, 0.717) is 37.7 Å². The molecule has 1 aromatic carbocycles. The molecule has 5 nitrogen and oxygen atoms in total. The number of para-hydroxylation sites is 2. The summed E-state index contributed by atoms with van der Waals surface area (Å²) in [5.41, 5.74) is 0.640. The molecular weight excluding hydrogens is 348 g/mol. The van der Waals surface area contributed by atoms with Crippen LogP contribution in [0.4, 0.5) is 10.5 Å². The van der Waals surface area contributed by atoms with Gasteiger partial charge in [-0.1, -0.05) is 23.7 Å². The molecule has 7 heteroatoms. The maximum absolute atomic E-state index is 12.5. The van der Waals surface area contributed by atoms with Crippen molar-refractivity contribution < 1.29 is 14.3 Å². The van der Waals surface area contributed by atoms with E-state index in [2.05, 4.69) is 5.32 Å². The number of halogens is 1. The van der Waals surface area contributed by atoms with E-state index in [0.717, 1.165) is 9.21 Å². The first kappa shape index (κ1) is 18.6. The number of amides is 2. The Hall–Kier alpha value is -1.76. The fraction of sp³-hybridized carbons (Fsp3) is 0.353. The number of methoxy groups -OCH3 is 1. The topological polar surface area (TPSA) is 50.8 Å². The Labute approximate surface area is 151 Å². The van der Waals surface area contributed by atoms with E-state index in [4.69, 9.17) is 21.1 Å². The Bertz CT molecular complexity index is 663. The molecule has 0 saturated carbocycles. The fourth-order valence-electron chi connectivity index (χ4n) is 2.08. The Morgan fingerprint density at radius 1 is 1.25 bits per heavy atom. The summed E-state index contributed by atoms with van der Waals surface area (Å²) in [6.07, 6.45) is 0. The number of rotatable bonds is 8. The van der Waals surface area contributed by atoms with Crippen LogP contribution >= 0.6 is 22.9 Å². The molecule has 0 unspecified atom stereocenters. The van der Waals surface area contributed by atoms with Crippen molar-refractivity contribution in [1.29, 1.82) is 0 Å². The monoisotopic (exact) mass is 368 g/mol. The maximum Gasteiger partial charge on any atom is 0.322 e. The smallest absolute Gasteiger partial charge is 0.322 e. The van der Waals surface area contributed by atoms with Crippen molar-refractivity contribution in [1.82, 2.24) is 4.90 Å². The fourth-order valence-corrected chi connectivity index (χ4v) is 3.18. The number of hydrogen-bond donors (Lipinski definition) is 1. The molecule has 0 aliphatic carbocycles.